The third-order valence-electron chi connectivity index (χ3n) is 4.47. The maximum Gasteiger partial charge on any atom is 0.255 e. The van der Waals surface area contributed by atoms with E-state index in [0.29, 0.717) is 6.54 Å². The van der Waals surface area contributed by atoms with Gasteiger partial charge in [-0.2, -0.15) is 0 Å². The largest absolute Gasteiger partial charge is 0.343 e. The Morgan fingerprint density at radius 2 is 2.08 bits per heavy atom. The summed E-state index contributed by atoms with van der Waals surface area (Å²) < 4.78 is 2.21. The van der Waals surface area contributed by atoms with E-state index in [0.717, 1.165) is 35.6 Å². The van der Waals surface area contributed by atoms with Crippen molar-refractivity contribution in [1.29, 1.82) is 0 Å². The zero-order chi connectivity index (χ0) is 17.8. The van der Waals surface area contributed by atoms with Gasteiger partial charge in [0, 0.05) is 48.2 Å². The lowest BCUT2D eigenvalue weighted by atomic mass is 10.2. The zero-order valence-electron chi connectivity index (χ0n) is 14.9. The van der Waals surface area contributed by atoms with Gasteiger partial charge in [0.1, 0.15) is 0 Å². The molecule has 0 saturated heterocycles. The first-order valence-corrected chi connectivity index (χ1v) is 9.28. The van der Waals surface area contributed by atoms with Crippen molar-refractivity contribution in [3.8, 4) is 0 Å². The number of hydrogen-bond acceptors (Lipinski definition) is 3. The van der Waals surface area contributed by atoms with Gasteiger partial charge in [0.2, 0.25) is 0 Å². The van der Waals surface area contributed by atoms with Crippen LogP contribution >= 0.6 is 11.3 Å². The molecule has 0 N–H and O–H groups in total. The molecule has 0 fully saturated rings. The van der Waals surface area contributed by atoms with Crippen molar-refractivity contribution in [2.45, 2.75) is 26.8 Å². The molecule has 5 heteroatoms. The van der Waals surface area contributed by atoms with Crippen molar-refractivity contribution in [1.82, 2.24) is 14.5 Å². The van der Waals surface area contributed by atoms with Crippen LogP contribution in [0.25, 0.3) is 0 Å². The van der Waals surface area contributed by atoms with Crippen molar-refractivity contribution in [2.75, 3.05) is 13.6 Å². The van der Waals surface area contributed by atoms with Crippen LogP contribution in [-0.2, 0) is 13.0 Å². The second-order valence-corrected chi connectivity index (χ2v) is 7.28. The second kappa shape index (κ2) is 7.66. The van der Waals surface area contributed by atoms with Crippen LogP contribution in [0, 0.1) is 13.8 Å². The maximum atomic E-state index is 12.8. The van der Waals surface area contributed by atoms with E-state index in [1.807, 2.05) is 38.2 Å². The smallest absolute Gasteiger partial charge is 0.255 e. The molecule has 0 aliphatic heterocycles. The molecule has 3 rings (SSSR count). The molecule has 3 heterocycles. The monoisotopic (exact) mass is 353 g/mol. The van der Waals surface area contributed by atoms with Gasteiger partial charge in [-0.1, -0.05) is 12.1 Å². The number of carbonyl (C=O) groups excluding carboxylic acids is 1. The minimum Gasteiger partial charge on any atom is -0.343 e. The van der Waals surface area contributed by atoms with Crippen LogP contribution in [0.1, 0.15) is 32.3 Å². The number of likely N-dealkylation sites (N-methyl/N-ethyl adjacent to an activating group) is 1. The SMILES string of the molecule is Cc1cc(C(=O)N(C)CCc2ccccn2)c(C)n1Cc1cccs1. The lowest BCUT2D eigenvalue weighted by molar-refractivity contribution is 0.0795. The lowest BCUT2D eigenvalue weighted by Crippen LogP contribution is -2.29. The van der Waals surface area contributed by atoms with Crippen molar-refractivity contribution in [2.24, 2.45) is 0 Å². The third-order valence-corrected chi connectivity index (χ3v) is 5.34. The quantitative estimate of drug-likeness (QED) is 0.673. The Labute approximate surface area is 152 Å². The number of hydrogen-bond donors (Lipinski definition) is 0. The Morgan fingerprint density at radius 1 is 1.24 bits per heavy atom. The Balaban J connectivity index is 1.71. The van der Waals surface area contributed by atoms with Gasteiger partial charge in [-0.3, -0.25) is 9.78 Å². The summed E-state index contributed by atoms with van der Waals surface area (Å²) in [6, 6.07) is 12.1. The highest BCUT2D eigenvalue weighted by molar-refractivity contribution is 7.09. The zero-order valence-corrected chi connectivity index (χ0v) is 15.7. The topological polar surface area (TPSA) is 38.1 Å². The Hall–Kier alpha value is -2.40. The molecule has 3 aromatic rings. The Kier molecular flexibility index (Phi) is 5.34. The molecule has 1 amide bonds. The second-order valence-electron chi connectivity index (χ2n) is 6.25. The molecule has 130 valence electrons. The Morgan fingerprint density at radius 3 is 2.76 bits per heavy atom. The first-order valence-electron chi connectivity index (χ1n) is 8.40. The number of thiophene rings is 1. The van der Waals surface area contributed by atoms with Crippen LogP contribution in [0.4, 0.5) is 0 Å². The number of carbonyl (C=O) groups is 1. The molecule has 3 aromatic heterocycles. The third kappa shape index (κ3) is 3.99. The van der Waals surface area contributed by atoms with E-state index in [1.54, 1.807) is 22.4 Å². The van der Waals surface area contributed by atoms with Gasteiger partial charge in [-0.05, 0) is 43.5 Å². The van der Waals surface area contributed by atoms with E-state index in [2.05, 4.69) is 34.0 Å². The molecular weight excluding hydrogens is 330 g/mol. The van der Waals surface area contributed by atoms with E-state index in [1.165, 1.54) is 4.88 Å². The van der Waals surface area contributed by atoms with Crippen molar-refractivity contribution in [3.05, 3.63) is 75.5 Å². The van der Waals surface area contributed by atoms with Crippen LogP contribution in [0.2, 0.25) is 0 Å². The van der Waals surface area contributed by atoms with Crippen LogP contribution < -0.4 is 0 Å². The van der Waals surface area contributed by atoms with Gasteiger partial charge in [0.25, 0.3) is 5.91 Å². The number of aryl methyl sites for hydroxylation is 1. The highest BCUT2D eigenvalue weighted by Gasteiger charge is 2.19. The number of nitrogens with zero attached hydrogens (tertiary/aromatic N) is 3. The molecule has 0 aromatic carbocycles. The average Bonchev–Trinajstić information content (AvgIpc) is 3.23. The highest BCUT2D eigenvalue weighted by atomic mass is 32.1. The summed E-state index contributed by atoms with van der Waals surface area (Å²) in [5.41, 5.74) is 3.94. The van der Waals surface area contributed by atoms with Gasteiger partial charge in [0.15, 0.2) is 0 Å². The molecule has 0 spiro atoms. The van der Waals surface area contributed by atoms with Crippen LogP contribution in [0.5, 0.6) is 0 Å². The molecule has 0 saturated carbocycles. The van der Waals surface area contributed by atoms with E-state index in [9.17, 15) is 4.79 Å². The highest BCUT2D eigenvalue weighted by Crippen LogP contribution is 2.20. The van der Waals surface area contributed by atoms with E-state index in [-0.39, 0.29) is 5.91 Å². The molecule has 4 nitrogen and oxygen atoms in total. The van der Waals surface area contributed by atoms with E-state index < -0.39 is 0 Å². The van der Waals surface area contributed by atoms with Gasteiger partial charge >= 0.3 is 0 Å². The summed E-state index contributed by atoms with van der Waals surface area (Å²) in [5.74, 6) is 0.0708. The molecule has 0 radical (unpaired) electrons. The van der Waals surface area contributed by atoms with E-state index in [4.69, 9.17) is 0 Å². The summed E-state index contributed by atoms with van der Waals surface area (Å²) in [4.78, 5) is 20.2. The standard InChI is InChI=1S/C20H23N3OS/c1-15-13-19(16(2)23(15)14-18-8-6-12-25-18)20(24)22(3)11-9-17-7-4-5-10-21-17/h4-8,10,12-13H,9,11,14H2,1-3H3. The van der Waals surface area contributed by atoms with Gasteiger partial charge < -0.3 is 9.47 Å². The van der Waals surface area contributed by atoms with Crippen LogP contribution in [0.3, 0.4) is 0 Å². The maximum absolute atomic E-state index is 12.8. The fourth-order valence-electron chi connectivity index (χ4n) is 2.95. The van der Waals surface area contributed by atoms with E-state index >= 15 is 0 Å². The average molecular weight is 353 g/mol. The molecule has 0 aliphatic rings. The summed E-state index contributed by atoms with van der Waals surface area (Å²) in [6.45, 7) is 5.57. The predicted molar refractivity (Wildman–Crippen MR) is 102 cm³/mol. The van der Waals surface area contributed by atoms with Crippen molar-refractivity contribution in [3.63, 3.8) is 0 Å². The van der Waals surface area contributed by atoms with Gasteiger partial charge in [0.05, 0.1) is 12.1 Å². The summed E-state index contributed by atoms with van der Waals surface area (Å²) >= 11 is 1.74. The first-order chi connectivity index (χ1) is 12.1. The summed E-state index contributed by atoms with van der Waals surface area (Å²) in [5, 5.41) is 2.08. The fraction of sp³-hybridized carbons (Fsp3) is 0.300. The molecule has 25 heavy (non-hydrogen) atoms. The van der Waals surface area contributed by atoms with Crippen molar-refractivity contribution >= 4 is 17.2 Å². The fourth-order valence-corrected chi connectivity index (χ4v) is 3.65. The lowest BCUT2D eigenvalue weighted by Gasteiger charge is -2.17. The number of aromatic nitrogens is 2. The predicted octanol–water partition coefficient (Wildman–Crippen LogP) is 3.92. The van der Waals surface area contributed by atoms with Crippen LogP contribution in [0.15, 0.2) is 48.0 Å². The van der Waals surface area contributed by atoms with Gasteiger partial charge in [-0.15, -0.1) is 11.3 Å². The number of rotatable bonds is 6. The molecule has 0 bridgehead atoms. The summed E-state index contributed by atoms with van der Waals surface area (Å²) in [7, 11) is 1.86. The molecular formula is C20H23N3OS. The van der Waals surface area contributed by atoms with Crippen LogP contribution in [-0.4, -0.2) is 34.0 Å². The first kappa shape index (κ1) is 17.4. The Bertz CT molecular complexity index is 837. The number of amides is 1. The minimum absolute atomic E-state index is 0.0708. The minimum atomic E-state index is 0.0708. The van der Waals surface area contributed by atoms with Gasteiger partial charge in [-0.25, -0.2) is 0 Å². The normalized spacial score (nSPS) is 10.8. The number of pyridine rings is 1. The molecule has 0 aliphatic carbocycles. The molecule has 0 unspecified atom stereocenters. The van der Waals surface area contributed by atoms with Crippen molar-refractivity contribution < 1.29 is 4.79 Å². The molecule has 0 atom stereocenters. The summed E-state index contributed by atoms with van der Waals surface area (Å²) in [6.07, 6.45) is 2.55.